The molecule has 5 heteroatoms. The molecule has 1 N–H and O–H groups in total. The molecule has 0 radical (unpaired) electrons. The molecular formula is C11H10N4O. The van der Waals surface area contributed by atoms with Gasteiger partial charge in [0.1, 0.15) is 0 Å². The molecule has 2 aromatic rings. The van der Waals surface area contributed by atoms with E-state index in [1.54, 1.807) is 36.7 Å². The first-order valence-electron chi connectivity index (χ1n) is 4.78. The molecule has 0 aliphatic rings. The number of hydrogen-bond acceptors (Lipinski definition) is 4. The largest absolute Gasteiger partial charge is 0.328 e. The molecular weight excluding hydrogens is 204 g/mol. The lowest BCUT2D eigenvalue weighted by Gasteiger charge is -1.94. The number of rotatable bonds is 3. The van der Waals surface area contributed by atoms with E-state index in [2.05, 4.69) is 20.2 Å². The zero-order chi connectivity index (χ0) is 11.4. The van der Waals surface area contributed by atoms with Crippen molar-refractivity contribution >= 4 is 17.4 Å². The van der Waals surface area contributed by atoms with Crippen LogP contribution in [0.25, 0.3) is 0 Å². The van der Waals surface area contributed by atoms with Crippen LogP contribution in [-0.4, -0.2) is 15.8 Å². The van der Waals surface area contributed by atoms with Crippen LogP contribution in [0.4, 0.5) is 11.6 Å². The number of imidazole rings is 1. The highest BCUT2D eigenvalue weighted by atomic mass is 16.1. The van der Waals surface area contributed by atoms with Crippen LogP contribution in [0, 0.1) is 0 Å². The molecule has 1 heterocycles. The predicted molar refractivity (Wildman–Crippen MR) is 59.2 cm³/mol. The van der Waals surface area contributed by atoms with Gasteiger partial charge in [0.2, 0.25) is 5.95 Å². The summed E-state index contributed by atoms with van der Waals surface area (Å²) < 4.78 is 0. The maximum absolute atomic E-state index is 11.0. The molecule has 1 aromatic carbocycles. The standard InChI is InChI=1S/C11H10N4O/c1-8(16)9-2-4-10(5-3-9)14-15-11-12-6-7-13-11/h2-7H,1H3,(H,12,13). The van der Waals surface area contributed by atoms with Gasteiger partial charge in [-0.3, -0.25) is 4.79 Å². The fourth-order valence-corrected chi connectivity index (χ4v) is 1.18. The number of nitrogens with zero attached hydrogens (tertiary/aromatic N) is 3. The Morgan fingerprint density at radius 1 is 1.25 bits per heavy atom. The average Bonchev–Trinajstić information content (AvgIpc) is 2.80. The minimum absolute atomic E-state index is 0.0366. The SMILES string of the molecule is CC(=O)c1ccc(N=Nc2ncc[nH]2)cc1. The van der Waals surface area contributed by atoms with Gasteiger partial charge in [0, 0.05) is 18.0 Å². The molecule has 0 atom stereocenters. The van der Waals surface area contributed by atoms with Gasteiger partial charge in [-0.2, -0.15) is 0 Å². The van der Waals surface area contributed by atoms with Gasteiger partial charge >= 0.3 is 0 Å². The summed E-state index contributed by atoms with van der Waals surface area (Å²) >= 11 is 0. The number of aromatic nitrogens is 2. The van der Waals surface area contributed by atoms with Gasteiger partial charge < -0.3 is 4.98 Å². The Kier molecular flexibility index (Phi) is 2.86. The number of hydrogen-bond donors (Lipinski definition) is 1. The average molecular weight is 214 g/mol. The van der Waals surface area contributed by atoms with Crippen LogP contribution in [0.15, 0.2) is 46.9 Å². The Balaban J connectivity index is 2.14. The third-order valence-corrected chi connectivity index (χ3v) is 2.02. The maximum Gasteiger partial charge on any atom is 0.246 e. The van der Waals surface area contributed by atoms with E-state index in [1.165, 1.54) is 6.92 Å². The molecule has 0 aliphatic heterocycles. The molecule has 80 valence electrons. The molecule has 0 saturated heterocycles. The zero-order valence-corrected chi connectivity index (χ0v) is 8.71. The summed E-state index contributed by atoms with van der Waals surface area (Å²) in [6, 6.07) is 6.92. The van der Waals surface area contributed by atoms with E-state index in [0.29, 0.717) is 17.2 Å². The summed E-state index contributed by atoms with van der Waals surface area (Å²) in [5.74, 6) is 0.491. The Labute approximate surface area is 92.3 Å². The molecule has 5 nitrogen and oxygen atoms in total. The van der Waals surface area contributed by atoms with E-state index in [-0.39, 0.29) is 5.78 Å². The Morgan fingerprint density at radius 3 is 2.56 bits per heavy atom. The van der Waals surface area contributed by atoms with Gasteiger partial charge in [-0.15, -0.1) is 10.2 Å². The van der Waals surface area contributed by atoms with E-state index >= 15 is 0 Å². The quantitative estimate of drug-likeness (QED) is 0.630. The van der Waals surface area contributed by atoms with Crippen LogP contribution in [0.5, 0.6) is 0 Å². The normalized spacial score (nSPS) is 10.8. The Bertz CT molecular complexity index is 499. The number of benzene rings is 1. The third kappa shape index (κ3) is 2.38. The molecule has 0 bridgehead atoms. The van der Waals surface area contributed by atoms with E-state index in [9.17, 15) is 4.79 Å². The van der Waals surface area contributed by atoms with Crippen molar-refractivity contribution in [1.82, 2.24) is 9.97 Å². The number of carbonyl (C=O) groups is 1. The second-order valence-electron chi connectivity index (χ2n) is 3.22. The fourth-order valence-electron chi connectivity index (χ4n) is 1.18. The first-order valence-corrected chi connectivity index (χ1v) is 4.78. The van der Waals surface area contributed by atoms with Crippen LogP contribution in [0.3, 0.4) is 0 Å². The first kappa shape index (κ1) is 10.2. The summed E-state index contributed by atoms with van der Waals surface area (Å²) in [4.78, 5) is 17.8. The summed E-state index contributed by atoms with van der Waals surface area (Å²) in [6.07, 6.45) is 3.28. The number of aromatic amines is 1. The first-order chi connectivity index (χ1) is 7.75. The molecule has 0 fully saturated rings. The minimum atomic E-state index is 0.0366. The minimum Gasteiger partial charge on any atom is -0.328 e. The van der Waals surface area contributed by atoms with E-state index in [4.69, 9.17) is 0 Å². The van der Waals surface area contributed by atoms with Crippen molar-refractivity contribution < 1.29 is 4.79 Å². The fraction of sp³-hybridized carbons (Fsp3) is 0.0909. The van der Waals surface area contributed by atoms with Crippen molar-refractivity contribution in [2.45, 2.75) is 6.92 Å². The van der Waals surface area contributed by atoms with Crippen LogP contribution in [0.2, 0.25) is 0 Å². The molecule has 0 unspecified atom stereocenters. The number of carbonyl (C=O) groups excluding carboxylic acids is 1. The molecule has 0 saturated carbocycles. The smallest absolute Gasteiger partial charge is 0.246 e. The van der Waals surface area contributed by atoms with Gasteiger partial charge in [-0.1, -0.05) is 0 Å². The lowest BCUT2D eigenvalue weighted by atomic mass is 10.1. The zero-order valence-electron chi connectivity index (χ0n) is 8.71. The molecule has 0 aliphatic carbocycles. The van der Waals surface area contributed by atoms with Gasteiger partial charge in [0.25, 0.3) is 0 Å². The lowest BCUT2D eigenvalue weighted by Crippen LogP contribution is -1.89. The van der Waals surface area contributed by atoms with Gasteiger partial charge in [0.05, 0.1) is 5.69 Å². The van der Waals surface area contributed by atoms with Crippen molar-refractivity contribution in [2.75, 3.05) is 0 Å². The van der Waals surface area contributed by atoms with Gasteiger partial charge in [-0.25, -0.2) is 4.98 Å². The number of H-pyrrole nitrogens is 1. The molecule has 16 heavy (non-hydrogen) atoms. The van der Waals surface area contributed by atoms with Crippen LogP contribution in [-0.2, 0) is 0 Å². The summed E-state index contributed by atoms with van der Waals surface area (Å²) in [7, 11) is 0. The number of ketones is 1. The highest BCUT2D eigenvalue weighted by Crippen LogP contribution is 2.16. The van der Waals surface area contributed by atoms with Crippen LogP contribution < -0.4 is 0 Å². The second-order valence-corrected chi connectivity index (χ2v) is 3.22. The van der Waals surface area contributed by atoms with Gasteiger partial charge in [-0.05, 0) is 31.2 Å². The van der Waals surface area contributed by atoms with Crippen LogP contribution in [0.1, 0.15) is 17.3 Å². The van der Waals surface area contributed by atoms with E-state index in [0.717, 1.165) is 0 Å². The summed E-state index contributed by atoms with van der Waals surface area (Å²) in [5, 5.41) is 7.85. The monoisotopic (exact) mass is 214 g/mol. The molecule has 0 amide bonds. The topological polar surface area (TPSA) is 70.5 Å². The molecule has 0 spiro atoms. The van der Waals surface area contributed by atoms with Crippen molar-refractivity contribution in [3.63, 3.8) is 0 Å². The van der Waals surface area contributed by atoms with Crippen molar-refractivity contribution in [3.05, 3.63) is 42.2 Å². The summed E-state index contributed by atoms with van der Waals surface area (Å²) in [6.45, 7) is 1.53. The second kappa shape index (κ2) is 4.48. The van der Waals surface area contributed by atoms with Crippen molar-refractivity contribution in [1.29, 1.82) is 0 Å². The van der Waals surface area contributed by atoms with Crippen molar-refractivity contribution in [3.8, 4) is 0 Å². The Morgan fingerprint density at radius 2 is 2.00 bits per heavy atom. The Hall–Kier alpha value is -2.30. The highest BCUT2D eigenvalue weighted by Gasteiger charge is 1.98. The number of Topliss-reactive ketones (excluding diaryl/α,β-unsaturated/α-hetero) is 1. The number of azo groups is 1. The van der Waals surface area contributed by atoms with E-state index < -0.39 is 0 Å². The van der Waals surface area contributed by atoms with Gasteiger partial charge in [0.15, 0.2) is 5.78 Å². The lowest BCUT2D eigenvalue weighted by molar-refractivity contribution is 0.101. The van der Waals surface area contributed by atoms with Crippen LogP contribution >= 0.6 is 0 Å². The predicted octanol–water partition coefficient (Wildman–Crippen LogP) is 3.03. The number of nitrogens with one attached hydrogen (secondary N) is 1. The van der Waals surface area contributed by atoms with E-state index in [1.807, 2.05) is 0 Å². The molecule has 2 rings (SSSR count). The summed E-state index contributed by atoms with van der Waals surface area (Å²) in [5.41, 5.74) is 1.35. The molecule has 1 aromatic heterocycles. The van der Waals surface area contributed by atoms with Crippen molar-refractivity contribution in [2.24, 2.45) is 10.2 Å². The maximum atomic E-state index is 11.0. The third-order valence-electron chi connectivity index (χ3n) is 2.02. The highest BCUT2D eigenvalue weighted by molar-refractivity contribution is 5.94.